The third-order valence-corrected chi connectivity index (χ3v) is 1.83. The van der Waals surface area contributed by atoms with Crippen LogP contribution in [0, 0.1) is 0 Å². The highest BCUT2D eigenvalue weighted by molar-refractivity contribution is 5.75. The summed E-state index contributed by atoms with van der Waals surface area (Å²) in [4.78, 5) is 10.7. The maximum absolute atomic E-state index is 10.7. The Morgan fingerprint density at radius 3 is 3.00 bits per heavy atom. The van der Waals surface area contributed by atoms with Crippen LogP contribution in [0.25, 0.3) is 0 Å². The maximum atomic E-state index is 10.7. The summed E-state index contributed by atoms with van der Waals surface area (Å²) in [7, 11) is 0. The molecule has 0 spiro atoms. The van der Waals surface area contributed by atoms with Crippen molar-refractivity contribution in [2.75, 3.05) is 0 Å². The highest BCUT2D eigenvalue weighted by atomic mass is 16.5. The smallest absolute Gasteiger partial charge is 0.314 e. The van der Waals surface area contributed by atoms with Crippen LogP contribution in [0.15, 0.2) is 24.0 Å². The molecule has 0 aromatic heterocycles. The number of carbonyl (C=O) groups is 1. The molecule has 2 heteroatoms. The summed E-state index contributed by atoms with van der Waals surface area (Å²) in [6, 6.07) is 0. The third-order valence-electron chi connectivity index (χ3n) is 1.83. The normalized spacial score (nSPS) is 15.8. The molecule has 0 fully saturated rings. The number of rotatable bonds is 4. The molecule has 1 aliphatic heterocycles. The molecule has 0 amide bonds. The van der Waals surface area contributed by atoms with E-state index in [4.69, 9.17) is 4.74 Å². The van der Waals surface area contributed by atoms with Crippen LogP contribution in [0.4, 0.5) is 0 Å². The fourth-order valence-electron chi connectivity index (χ4n) is 1.18. The zero-order valence-corrected chi connectivity index (χ0v) is 7.43. The Labute approximate surface area is 72.9 Å². The number of esters is 1. The van der Waals surface area contributed by atoms with E-state index >= 15 is 0 Å². The summed E-state index contributed by atoms with van der Waals surface area (Å²) in [6.07, 6.45) is 5.12. The predicted octanol–water partition coefficient (Wildman–Crippen LogP) is 2.56. The molecule has 66 valence electrons. The van der Waals surface area contributed by atoms with Crippen molar-refractivity contribution in [3.8, 4) is 0 Å². The van der Waals surface area contributed by atoms with Gasteiger partial charge in [0, 0.05) is 0 Å². The first kappa shape index (κ1) is 9.04. The number of allylic oxidation sites excluding steroid dienone is 1. The second-order valence-corrected chi connectivity index (χ2v) is 3.25. The Morgan fingerprint density at radius 1 is 1.75 bits per heavy atom. The third kappa shape index (κ3) is 2.91. The van der Waals surface area contributed by atoms with Gasteiger partial charge in [-0.3, -0.25) is 4.79 Å². The standard InChI is InChI=1S/C10H14O2/c1-8(2)4-3-5-9-6-10(11)12-7-9/h7H,1,3-6H2,2H3. The van der Waals surface area contributed by atoms with Crippen molar-refractivity contribution in [1.82, 2.24) is 0 Å². The number of carbonyl (C=O) groups excluding carboxylic acids is 1. The van der Waals surface area contributed by atoms with E-state index in [0.717, 1.165) is 24.8 Å². The molecule has 0 aromatic carbocycles. The minimum absolute atomic E-state index is 0.125. The zero-order valence-electron chi connectivity index (χ0n) is 7.43. The topological polar surface area (TPSA) is 26.3 Å². The van der Waals surface area contributed by atoms with Gasteiger partial charge in [-0.1, -0.05) is 5.57 Å². The first-order valence-corrected chi connectivity index (χ1v) is 4.20. The van der Waals surface area contributed by atoms with Gasteiger partial charge in [0.2, 0.25) is 0 Å². The van der Waals surface area contributed by atoms with Crippen molar-refractivity contribution >= 4 is 5.97 Å². The Kier molecular flexibility index (Phi) is 3.09. The van der Waals surface area contributed by atoms with Gasteiger partial charge >= 0.3 is 5.97 Å². The van der Waals surface area contributed by atoms with Crippen LogP contribution >= 0.6 is 0 Å². The molecule has 0 bridgehead atoms. The number of hydrogen-bond donors (Lipinski definition) is 0. The monoisotopic (exact) mass is 166 g/mol. The average molecular weight is 166 g/mol. The van der Waals surface area contributed by atoms with Gasteiger partial charge in [-0.05, 0) is 31.8 Å². The van der Waals surface area contributed by atoms with E-state index in [1.807, 2.05) is 6.92 Å². The number of cyclic esters (lactones) is 1. The van der Waals surface area contributed by atoms with Gasteiger partial charge in [0.25, 0.3) is 0 Å². The van der Waals surface area contributed by atoms with Crippen LogP contribution in [0.5, 0.6) is 0 Å². The molecular weight excluding hydrogens is 152 g/mol. The summed E-state index contributed by atoms with van der Waals surface area (Å²) < 4.78 is 4.70. The lowest BCUT2D eigenvalue weighted by Crippen LogP contribution is -1.91. The van der Waals surface area contributed by atoms with Crippen LogP contribution in [-0.4, -0.2) is 5.97 Å². The van der Waals surface area contributed by atoms with Crippen LogP contribution in [0.1, 0.15) is 32.6 Å². The molecule has 0 saturated heterocycles. The predicted molar refractivity (Wildman–Crippen MR) is 47.5 cm³/mol. The van der Waals surface area contributed by atoms with Crippen molar-refractivity contribution in [3.63, 3.8) is 0 Å². The Bertz CT molecular complexity index is 226. The molecular formula is C10H14O2. The molecule has 1 rings (SSSR count). The van der Waals surface area contributed by atoms with E-state index in [1.165, 1.54) is 5.57 Å². The Hall–Kier alpha value is -1.05. The van der Waals surface area contributed by atoms with Crippen LogP contribution in [0.2, 0.25) is 0 Å². The van der Waals surface area contributed by atoms with E-state index in [1.54, 1.807) is 6.26 Å². The summed E-state index contributed by atoms with van der Waals surface area (Å²) in [6.45, 7) is 5.84. The molecule has 0 N–H and O–H groups in total. The van der Waals surface area contributed by atoms with Gasteiger partial charge < -0.3 is 4.74 Å². The van der Waals surface area contributed by atoms with Gasteiger partial charge in [-0.2, -0.15) is 0 Å². The molecule has 0 aromatic rings. The van der Waals surface area contributed by atoms with Crippen molar-refractivity contribution in [3.05, 3.63) is 24.0 Å². The largest absolute Gasteiger partial charge is 0.434 e. The fourth-order valence-corrected chi connectivity index (χ4v) is 1.18. The summed E-state index contributed by atoms with van der Waals surface area (Å²) in [5.74, 6) is -0.125. The quantitative estimate of drug-likeness (QED) is 0.474. The highest BCUT2D eigenvalue weighted by Gasteiger charge is 2.13. The van der Waals surface area contributed by atoms with Crippen molar-refractivity contribution in [2.24, 2.45) is 0 Å². The number of ether oxygens (including phenoxy) is 1. The van der Waals surface area contributed by atoms with Crippen LogP contribution in [0.3, 0.4) is 0 Å². The van der Waals surface area contributed by atoms with Crippen molar-refractivity contribution < 1.29 is 9.53 Å². The lowest BCUT2D eigenvalue weighted by molar-refractivity contribution is -0.135. The fraction of sp³-hybridized carbons (Fsp3) is 0.500. The van der Waals surface area contributed by atoms with E-state index in [0.29, 0.717) is 6.42 Å². The molecule has 0 atom stereocenters. The zero-order chi connectivity index (χ0) is 8.97. The van der Waals surface area contributed by atoms with Crippen LogP contribution < -0.4 is 0 Å². The molecule has 2 nitrogen and oxygen atoms in total. The second kappa shape index (κ2) is 4.10. The summed E-state index contributed by atoms with van der Waals surface area (Å²) >= 11 is 0. The van der Waals surface area contributed by atoms with Gasteiger partial charge in [0.15, 0.2) is 0 Å². The van der Waals surface area contributed by atoms with Crippen molar-refractivity contribution in [1.29, 1.82) is 0 Å². The Morgan fingerprint density at radius 2 is 2.50 bits per heavy atom. The summed E-state index contributed by atoms with van der Waals surface area (Å²) in [5, 5.41) is 0. The lowest BCUT2D eigenvalue weighted by Gasteiger charge is -1.98. The minimum Gasteiger partial charge on any atom is -0.434 e. The van der Waals surface area contributed by atoms with Gasteiger partial charge in [0.05, 0.1) is 12.7 Å². The maximum Gasteiger partial charge on any atom is 0.314 e. The van der Waals surface area contributed by atoms with E-state index in [9.17, 15) is 4.79 Å². The highest BCUT2D eigenvalue weighted by Crippen LogP contribution is 2.19. The molecule has 12 heavy (non-hydrogen) atoms. The lowest BCUT2D eigenvalue weighted by atomic mass is 10.1. The molecule has 1 heterocycles. The number of hydrogen-bond acceptors (Lipinski definition) is 2. The molecule has 0 aliphatic carbocycles. The molecule has 0 unspecified atom stereocenters. The Balaban J connectivity index is 2.16. The summed E-state index contributed by atoms with van der Waals surface area (Å²) in [5.41, 5.74) is 2.31. The average Bonchev–Trinajstić information content (AvgIpc) is 2.35. The first-order valence-electron chi connectivity index (χ1n) is 4.20. The van der Waals surface area contributed by atoms with Gasteiger partial charge in [0.1, 0.15) is 0 Å². The molecule has 1 aliphatic rings. The first-order chi connectivity index (χ1) is 5.68. The van der Waals surface area contributed by atoms with E-state index < -0.39 is 0 Å². The van der Waals surface area contributed by atoms with Gasteiger partial charge in [-0.15, -0.1) is 6.58 Å². The second-order valence-electron chi connectivity index (χ2n) is 3.25. The minimum atomic E-state index is -0.125. The molecule has 0 saturated carbocycles. The van der Waals surface area contributed by atoms with E-state index in [2.05, 4.69) is 6.58 Å². The van der Waals surface area contributed by atoms with Gasteiger partial charge in [-0.25, -0.2) is 0 Å². The van der Waals surface area contributed by atoms with Crippen LogP contribution in [-0.2, 0) is 9.53 Å². The SMILES string of the molecule is C=C(C)CCCC1=COC(=O)C1. The molecule has 0 radical (unpaired) electrons. The van der Waals surface area contributed by atoms with Crippen molar-refractivity contribution in [2.45, 2.75) is 32.6 Å². The van der Waals surface area contributed by atoms with E-state index in [-0.39, 0.29) is 5.97 Å².